The zero-order valence-electron chi connectivity index (χ0n) is 38.2. The number of Topliss-reactive ketones (excluding diaryl/α,β-unsaturated/α-hetero) is 1. The molecular weight excluding hydrogens is 815 g/mol. The van der Waals surface area contributed by atoms with Crippen molar-refractivity contribution >= 4 is 35.4 Å². The molecule has 1 aromatic heterocycles. The van der Waals surface area contributed by atoms with Crippen molar-refractivity contribution in [3.05, 3.63) is 18.2 Å². The smallest absolute Gasteiger partial charge is 0.322 e. The number of carboxylic acid groups (broad SMARTS) is 1. The lowest BCUT2D eigenvalue weighted by atomic mass is 9.91. The molecule has 0 aliphatic heterocycles. The van der Waals surface area contributed by atoms with E-state index >= 15 is 0 Å². The Morgan fingerprint density at radius 3 is 1.67 bits per heavy atom. The molecule has 0 saturated carbocycles. The fourth-order valence-electron chi connectivity index (χ4n) is 6.66. The van der Waals surface area contributed by atoms with Crippen LogP contribution in [0.4, 0.5) is 0 Å². The van der Waals surface area contributed by atoms with E-state index in [1.807, 2.05) is 0 Å². The summed E-state index contributed by atoms with van der Waals surface area (Å²) in [5.74, 6) is -3.37. The Hall–Kier alpha value is -3.97. The fourth-order valence-corrected chi connectivity index (χ4v) is 6.66. The number of unbranched alkanes of at least 4 members (excludes halogenated alkanes) is 15. The SMILES string of the molecule is CCCCCCCCCCCCCCCCCC(=O)NCCOCCOCC(=O)NCCOCCOCC(=O)NCCCC[C@H](CC(=O)[C@@H](N)Cc1cnc[nH]1)C(=O)NCC(=O)O. The van der Waals surface area contributed by atoms with E-state index in [0.717, 1.165) is 12.8 Å². The third kappa shape index (κ3) is 36.1. The van der Waals surface area contributed by atoms with Gasteiger partial charge in [-0.05, 0) is 19.3 Å². The summed E-state index contributed by atoms with van der Waals surface area (Å²) in [4.78, 5) is 79.1. The number of H-pyrrole nitrogens is 1. The van der Waals surface area contributed by atoms with Gasteiger partial charge in [0.15, 0.2) is 5.78 Å². The predicted molar refractivity (Wildman–Crippen MR) is 240 cm³/mol. The van der Waals surface area contributed by atoms with E-state index in [-0.39, 0.29) is 82.5 Å². The molecule has 0 fully saturated rings. The topological polar surface area (TPSA) is 262 Å². The Labute approximate surface area is 375 Å². The fraction of sp³-hybridized carbons (Fsp3) is 0.800. The number of hydrogen-bond donors (Lipinski definition) is 7. The van der Waals surface area contributed by atoms with E-state index in [0.29, 0.717) is 57.7 Å². The number of ether oxygens (including phenoxy) is 4. The van der Waals surface area contributed by atoms with Crippen LogP contribution in [0.2, 0.25) is 0 Å². The van der Waals surface area contributed by atoms with Gasteiger partial charge in [0, 0.05) is 56.7 Å². The number of nitrogens with two attached hydrogens (primary N) is 1. The van der Waals surface area contributed by atoms with E-state index in [9.17, 15) is 28.8 Å². The number of aliphatic carboxylic acids is 1. The van der Waals surface area contributed by atoms with E-state index < -0.39 is 30.4 Å². The van der Waals surface area contributed by atoms with Crippen molar-refractivity contribution in [2.75, 3.05) is 79.0 Å². The molecule has 0 radical (unpaired) electrons. The van der Waals surface area contributed by atoms with E-state index in [1.54, 1.807) is 6.20 Å². The highest BCUT2D eigenvalue weighted by Crippen LogP contribution is 2.16. The summed E-state index contributed by atoms with van der Waals surface area (Å²) in [5, 5.41) is 19.5. The molecular formula is C45H81N7O11. The molecule has 0 aliphatic rings. The predicted octanol–water partition coefficient (Wildman–Crippen LogP) is 3.90. The third-order valence-electron chi connectivity index (χ3n) is 10.3. The molecule has 18 nitrogen and oxygen atoms in total. The first-order valence-electron chi connectivity index (χ1n) is 23.5. The van der Waals surface area contributed by atoms with Crippen molar-refractivity contribution in [2.24, 2.45) is 11.7 Å². The van der Waals surface area contributed by atoms with Gasteiger partial charge in [-0.3, -0.25) is 28.8 Å². The molecule has 2 atom stereocenters. The van der Waals surface area contributed by atoms with Crippen LogP contribution in [0, 0.1) is 5.92 Å². The maximum absolute atomic E-state index is 12.7. The van der Waals surface area contributed by atoms with Gasteiger partial charge in [-0.1, -0.05) is 103 Å². The van der Waals surface area contributed by atoms with Gasteiger partial charge in [0.2, 0.25) is 23.6 Å². The number of nitrogens with zero attached hydrogens (tertiary/aromatic N) is 1. The summed E-state index contributed by atoms with van der Waals surface area (Å²) < 4.78 is 21.6. The first-order chi connectivity index (χ1) is 30.6. The van der Waals surface area contributed by atoms with Crippen molar-refractivity contribution in [3.8, 4) is 0 Å². The summed E-state index contributed by atoms with van der Waals surface area (Å²) >= 11 is 0. The van der Waals surface area contributed by atoms with E-state index in [4.69, 9.17) is 29.8 Å². The summed E-state index contributed by atoms with van der Waals surface area (Å²) in [6.45, 7) is 4.09. The van der Waals surface area contributed by atoms with Crippen LogP contribution >= 0.6 is 0 Å². The maximum Gasteiger partial charge on any atom is 0.322 e. The second kappa shape index (κ2) is 40.8. The average molecular weight is 896 g/mol. The minimum atomic E-state index is -1.19. The van der Waals surface area contributed by atoms with Crippen molar-refractivity contribution in [2.45, 2.75) is 148 Å². The molecule has 1 aromatic rings. The first-order valence-corrected chi connectivity index (χ1v) is 23.5. The number of carboxylic acids is 1. The summed E-state index contributed by atoms with van der Waals surface area (Å²) in [5.41, 5.74) is 6.71. The highest BCUT2D eigenvalue weighted by Gasteiger charge is 2.25. The molecule has 362 valence electrons. The average Bonchev–Trinajstić information content (AvgIpc) is 3.78. The zero-order valence-corrected chi connectivity index (χ0v) is 38.2. The molecule has 4 amide bonds. The number of ketones is 1. The second-order valence-corrected chi connectivity index (χ2v) is 15.9. The van der Waals surface area contributed by atoms with Crippen LogP contribution in [0.3, 0.4) is 0 Å². The van der Waals surface area contributed by atoms with Gasteiger partial charge in [0.1, 0.15) is 19.8 Å². The van der Waals surface area contributed by atoms with Crippen molar-refractivity contribution in [3.63, 3.8) is 0 Å². The number of nitrogens with one attached hydrogen (secondary N) is 5. The van der Waals surface area contributed by atoms with E-state index in [2.05, 4.69) is 38.2 Å². The summed E-state index contributed by atoms with van der Waals surface area (Å²) in [6, 6.07) is -0.842. The quantitative estimate of drug-likeness (QED) is 0.0459. The zero-order chi connectivity index (χ0) is 46.0. The molecule has 8 N–H and O–H groups in total. The van der Waals surface area contributed by atoms with Crippen LogP contribution in [0.15, 0.2) is 12.5 Å². The second-order valence-electron chi connectivity index (χ2n) is 15.9. The number of imidazole rings is 1. The molecule has 1 heterocycles. The van der Waals surface area contributed by atoms with Crippen LogP contribution in [0.1, 0.15) is 141 Å². The van der Waals surface area contributed by atoms with Crippen molar-refractivity contribution in [1.29, 1.82) is 0 Å². The normalized spacial score (nSPS) is 12.1. The van der Waals surface area contributed by atoms with Crippen molar-refractivity contribution in [1.82, 2.24) is 31.2 Å². The number of hydrogen-bond acceptors (Lipinski definition) is 12. The van der Waals surface area contributed by atoms with Gasteiger partial charge < -0.3 is 56.0 Å². The maximum atomic E-state index is 12.7. The first kappa shape index (κ1) is 57.0. The minimum absolute atomic E-state index is 0.0523. The largest absolute Gasteiger partial charge is 0.480 e. The number of rotatable bonds is 45. The number of amides is 4. The third-order valence-corrected chi connectivity index (χ3v) is 10.3. The van der Waals surface area contributed by atoms with Crippen LogP contribution in [0.5, 0.6) is 0 Å². The number of carbonyl (C=O) groups excluding carboxylic acids is 5. The van der Waals surface area contributed by atoms with Crippen molar-refractivity contribution < 1.29 is 52.8 Å². The Bertz CT molecular complexity index is 1340. The number of aromatic nitrogens is 2. The Morgan fingerprint density at radius 2 is 1.14 bits per heavy atom. The molecule has 1 rings (SSSR count). The van der Waals surface area contributed by atoms with E-state index in [1.165, 1.54) is 89.8 Å². The van der Waals surface area contributed by atoms with Crippen LogP contribution in [-0.2, 0) is 54.1 Å². The highest BCUT2D eigenvalue weighted by molar-refractivity contribution is 5.90. The molecule has 0 bridgehead atoms. The molecule has 18 heteroatoms. The monoisotopic (exact) mass is 896 g/mol. The van der Waals surface area contributed by atoms with Gasteiger partial charge in [-0.25, -0.2) is 4.98 Å². The standard InChI is InChI=1S/C45H81N7O11/c1-2-3-4-5-6-7-8-9-10-11-12-13-14-15-16-20-41(54)49-22-24-60-26-29-63-35-43(56)50-23-25-61-27-28-62-34-42(55)48-21-18-17-19-37(45(59)51-33-44(57)58)30-40(53)39(46)31-38-32-47-36-52-38/h32,36-37,39H,2-31,33-35,46H2,1H3,(H,47,52)(H,48,55)(H,49,54)(H,50,56)(H,51,59)(H,57,58)/t37-,39+/m1/s1. The summed E-state index contributed by atoms with van der Waals surface area (Å²) in [7, 11) is 0. The lowest BCUT2D eigenvalue weighted by Gasteiger charge is -2.18. The Kier molecular flexibility index (Phi) is 36.9. The van der Waals surface area contributed by atoms with Gasteiger partial charge in [-0.15, -0.1) is 0 Å². The number of aromatic amines is 1. The van der Waals surface area contributed by atoms with Gasteiger partial charge in [0.25, 0.3) is 0 Å². The Morgan fingerprint density at radius 1 is 0.635 bits per heavy atom. The molecule has 0 aliphatic carbocycles. The lowest BCUT2D eigenvalue weighted by molar-refractivity contribution is -0.139. The number of carbonyl (C=O) groups is 6. The molecule has 0 unspecified atom stereocenters. The summed E-state index contributed by atoms with van der Waals surface area (Å²) in [6.07, 6.45) is 24.5. The molecule has 0 saturated heterocycles. The van der Waals surface area contributed by atoms with Gasteiger partial charge in [-0.2, -0.15) is 0 Å². The van der Waals surface area contributed by atoms with Crippen LogP contribution in [-0.4, -0.2) is 136 Å². The van der Waals surface area contributed by atoms with Gasteiger partial charge in [0.05, 0.1) is 52.0 Å². The highest BCUT2D eigenvalue weighted by atomic mass is 16.5. The van der Waals surface area contributed by atoms with Gasteiger partial charge >= 0.3 is 5.97 Å². The van der Waals surface area contributed by atoms with Crippen LogP contribution in [0.25, 0.3) is 0 Å². The minimum Gasteiger partial charge on any atom is -0.480 e. The molecule has 63 heavy (non-hydrogen) atoms. The lowest BCUT2D eigenvalue weighted by Crippen LogP contribution is -2.39. The Balaban J connectivity index is 1.92. The molecule has 0 aromatic carbocycles. The van der Waals surface area contributed by atoms with Crippen LogP contribution < -0.4 is 27.0 Å². The molecule has 0 spiro atoms.